The largest absolute Gasteiger partial charge is 0.307 e. The summed E-state index contributed by atoms with van der Waals surface area (Å²) in [5.74, 6) is 0.901. The van der Waals surface area contributed by atoms with E-state index < -0.39 is 0 Å². The van der Waals surface area contributed by atoms with E-state index in [2.05, 4.69) is 41.7 Å². The van der Waals surface area contributed by atoms with Gasteiger partial charge in [0.1, 0.15) is 0 Å². The summed E-state index contributed by atoms with van der Waals surface area (Å²) in [6.07, 6.45) is 4.65. The monoisotopic (exact) mass is 246 g/mol. The lowest BCUT2D eigenvalue weighted by Gasteiger charge is -2.35. The van der Waals surface area contributed by atoms with Crippen LogP contribution in [-0.4, -0.2) is 11.0 Å². The summed E-state index contributed by atoms with van der Waals surface area (Å²) in [7, 11) is 0. The molecule has 0 saturated heterocycles. The number of rotatable bonds is 3. The van der Waals surface area contributed by atoms with Crippen molar-refractivity contribution in [1.29, 1.82) is 0 Å². The third kappa shape index (κ3) is 2.22. The number of pyridine rings is 1. The van der Waals surface area contributed by atoms with Crippen LogP contribution in [0.2, 0.25) is 0 Å². The summed E-state index contributed by atoms with van der Waals surface area (Å²) in [5, 5.41) is 5.79. The van der Waals surface area contributed by atoms with Gasteiger partial charge in [-0.15, -0.1) is 11.3 Å². The molecule has 2 aromatic heterocycles. The minimum atomic E-state index is 0.409. The van der Waals surface area contributed by atoms with Crippen LogP contribution in [0.5, 0.6) is 0 Å². The van der Waals surface area contributed by atoms with Crippen LogP contribution in [0.25, 0.3) is 10.2 Å². The van der Waals surface area contributed by atoms with Gasteiger partial charge in [0.2, 0.25) is 0 Å². The summed E-state index contributed by atoms with van der Waals surface area (Å²) in [4.78, 5) is 4.50. The van der Waals surface area contributed by atoms with Crippen molar-refractivity contribution in [2.24, 2.45) is 5.92 Å². The van der Waals surface area contributed by atoms with Gasteiger partial charge in [0.15, 0.2) is 0 Å². The first-order valence-electron chi connectivity index (χ1n) is 6.31. The van der Waals surface area contributed by atoms with Gasteiger partial charge in [0.25, 0.3) is 0 Å². The molecular formula is C14H18N2S. The van der Waals surface area contributed by atoms with Crippen LogP contribution in [0.15, 0.2) is 23.7 Å². The van der Waals surface area contributed by atoms with Crippen molar-refractivity contribution < 1.29 is 0 Å². The molecule has 0 aliphatic heterocycles. The first-order chi connectivity index (χ1) is 8.22. The van der Waals surface area contributed by atoms with Crippen LogP contribution in [0.1, 0.15) is 38.3 Å². The number of nitrogens with one attached hydrogen (secondary N) is 1. The average molecular weight is 246 g/mol. The molecule has 1 atom stereocenters. The predicted molar refractivity (Wildman–Crippen MR) is 73.4 cm³/mol. The van der Waals surface area contributed by atoms with Crippen LogP contribution in [-0.2, 0) is 0 Å². The van der Waals surface area contributed by atoms with Gasteiger partial charge in [-0.2, -0.15) is 0 Å². The minimum Gasteiger partial charge on any atom is -0.307 e. The molecule has 0 amide bonds. The van der Waals surface area contributed by atoms with Crippen LogP contribution in [0, 0.1) is 5.92 Å². The fourth-order valence-corrected chi connectivity index (χ4v) is 3.38. The average Bonchev–Trinajstić information content (AvgIpc) is 2.73. The summed E-state index contributed by atoms with van der Waals surface area (Å²) >= 11 is 1.77. The van der Waals surface area contributed by atoms with Crippen LogP contribution in [0.3, 0.4) is 0 Å². The van der Waals surface area contributed by atoms with Gasteiger partial charge in [0, 0.05) is 18.3 Å². The van der Waals surface area contributed by atoms with E-state index in [1.54, 1.807) is 11.3 Å². The lowest BCUT2D eigenvalue weighted by atomic mass is 9.81. The molecule has 1 N–H and O–H groups in total. The molecule has 2 aromatic rings. The topological polar surface area (TPSA) is 24.9 Å². The number of thiophene rings is 1. The number of hydrogen-bond donors (Lipinski definition) is 1. The third-order valence-electron chi connectivity index (χ3n) is 3.68. The molecule has 0 radical (unpaired) electrons. The first-order valence-corrected chi connectivity index (χ1v) is 7.19. The summed E-state index contributed by atoms with van der Waals surface area (Å²) in [6.45, 7) is 4.56. The van der Waals surface area contributed by atoms with E-state index >= 15 is 0 Å². The Morgan fingerprint density at radius 1 is 1.47 bits per heavy atom. The molecule has 1 aliphatic rings. The van der Waals surface area contributed by atoms with E-state index in [0.29, 0.717) is 12.1 Å². The van der Waals surface area contributed by atoms with Gasteiger partial charge in [-0.1, -0.05) is 6.92 Å². The number of fused-ring (bicyclic) bond motifs is 1. The molecule has 90 valence electrons. The SMILES string of the molecule is CC1CC(NC(C)c2cnc3ccsc3c2)C1. The van der Waals surface area contributed by atoms with Gasteiger partial charge in [-0.25, -0.2) is 0 Å². The first kappa shape index (κ1) is 11.2. The smallest absolute Gasteiger partial charge is 0.0809 e. The van der Waals surface area contributed by atoms with Gasteiger partial charge in [-0.05, 0) is 48.8 Å². The summed E-state index contributed by atoms with van der Waals surface area (Å²) < 4.78 is 1.29. The van der Waals surface area contributed by atoms with E-state index in [1.165, 1.54) is 23.1 Å². The number of aromatic nitrogens is 1. The Kier molecular flexibility index (Phi) is 2.89. The van der Waals surface area contributed by atoms with Crippen molar-refractivity contribution in [3.8, 4) is 0 Å². The van der Waals surface area contributed by atoms with Crippen molar-refractivity contribution in [2.45, 2.75) is 38.8 Å². The molecule has 3 rings (SSSR count). The van der Waals surface area contributed by atoms with Crippen LogP contribution in [0.4, 0.5) is 0 Å². The fourth-order valence-electron chi connectivity index (χ4n) is 2.59. The molecule has 1 fully saturated rings. The van der Waals surface area contributed by atoms with Gasteiger partial charge >= 0.3 is 0 Å². The Hall–Kier alpha value is -0.930. The van der Waals surface area contributed by atoms with E-state index in [4.69, 9.17) is 0 Å². The number of nitrogens with zero attached hydrogens (tertiary/aromatic N) is 1. The molecule has 3 heteroatoms. The highest BCUT2D eigenvalue weighted by Crippen LogP contribution is 2.29. The van der Waals surface area contributed by atoms with E-state index in [0.717, 1.165) is 11.4 Å². The maximum Gasteiger partial charge on any atom is 0.0809 e. The second kappa shape index (κ2) is 4.39. The zero-order valence-electron chi connectivity index (χ0n) is 10.3. The Morgan fingerprint density at radius 2 is 2.29 bits per heavy atom. The van der Waals surface area contributed by atoms with E-state index in [9.17, 15) is 0 Å². The van der Waals surface area contributed by atoms with Crippen molar-refractivity contribution in [3.63, 3.8) is 0 Å². The molecule has 2 nitrogen and oxygen atoms in total. The Bertz CT molecular complexity index is 514. The molecule has 1 unspecified atom stereocenters. The Morgan fingerprint density at radius 3 is 3.06 bits per heavy atom. The van der Waals surface area contributed by atoms with Gasteiger partial charge in [-0.3, -0.25) is 4.98 Å². The molecule has 0 bridgehead atoms. The van der Waals surface area contributed by atoms with E-state index in [1.807, 2.05) is 6.20 Å². The highest BCUT2D eigenvalue weighted by atomic mass is 32.1. The normalized spacial score (nSPS) is 25.8. The van der Waals surface area contributed by atoms with Gasteiger partial charge < -0.3 is 5.32 Å². The minimum absolute atomic E-state index is 0.409. The highest BCUT2D eigenvalue weighted by molar-refractivity contribution is 7.17. The summed E-state index contributed by atoms with van der Waals surface area (Å²) in [5.41, 5.74) is 2.42. The second-order valence-corrected chi connectivity index (χ2v) is 6.18. The third-order valence-corrected chi connectivity index (χ3v) is 4.54. The second-order valence-electron chi connectivity index (χ2n) is 5.23. The lowest BCUT2D eigenvalue weighted by molar-refractivity contribution is 0.226. The van der Waals surface area contributed by atoms with Crippen molar-refractivity contribution >= 4 is 21.6 Å². The molecule has 1 aliphatic carbocycles. The summed E-state index contributed by atoms with van der Waals surface area (Å²) in [6, 6.07) is 5.47. The highest BCUT2D eigenvalue weighted by Gasteiger charge is 2.26. The zero-order valence-corrected chi connectivity index (χ0v) is 11.1. The maximum atomic E-state index is 4.50. The molecule has 2 heterocycles. The van der Waals surface area contributed by atoms with E-state index in [-0.39, 0.29) is 0 Å². The molecule has 0 spiro atoms. The standard InChI is InChI=1S/C14H18N2S/c1-9-5-12(6-9)16-10(2)11-7-14-13(15-8-11)3-4-17-14/h3-4,7-10,12,16H,5-6H2,1-2H3. The Labute approximate surface area is 106 Å². The maximum absolute atomic E-state index is 4.50. The fraction of sp³-hybridized carbons (Fsp3) is 0.500. The van der Waals surface area contributed by atoms with Crippen molar-refractivity contribution in [3.05, 3.63) is 29.3 Å². The zero-order chi connectivity index (χ0) is 11.8. The van der Waals surface area contributed by atoms with Gasteiger partial charge in [0.05, 0.1) is 10.2 Å². The molecule has 17 heavy (non-hydrogen) atoms. The van der Waals surface area contributed by atoms with Crippen LogP contribution < -0.4 is 5.32 Å². The Balaban J connectivity index is 1.73. The molecule has 1 saturated carbocycles. The van der Waals surface area contributed by atoms with Crippen molar-refractivity contribution in [1.82, 2.24) is 10.3 Å². The van der Waals surface area contributed by atoms with Crippen molar-refractivity contribution in [2.75, 3.05) is 0 Å². The lowest BCUT2D eigenvalue weighted by Crippen LogP contribution is -2.41. The number of hydrogen-bond acceptors (Lipinski definition) is 3. The molecular weight excluding hydrogens is 228 g/mol. The molecule has 0 aromatic carbocycles. The quantitative estimate of drug-likeness (QED) is 0.892. The van der Waals surface area contributed by atoms with Crippen LogP contribution >= 0.6 is 11.3 Å². The predicted octanol–water partition coefficient (Wildman–Crippen LogP) is 3.75.